The zero-order valence-corrected chi connectivity index (χ0v) is 9.48. The quantitative estimate of drug-likeness (QED) is 0.802. The highest BCUT2D eigenvalue weighted by Crippen LogP contribution is 2.64. The van der Waals surface area contributed by atoms with Crippen LogP contribution in [0.25, 0.3) is 0 Å². The fourth-order valence-corrected chi connectivity index (χ4v) is 2.54. The summed E-state index contributed by atoms with van der Waals surface area (Å²) in [6, 6.07) is 0. The van der Waals surface area contributed by atoms with Crippen molar-refractivity contribution in [1.82, 2.24) is 9.78 Å². The molecule has 0 aliphatic heterocycles. The van der Waals surface area contributed by atoms with Gasteiger partial charge in [-0.05, 0) is 17.9 Å². The molecule has 0 bridgehead atoms. The Hall–Kier alpha value is -1.32. The Morgan fingerprint density at radius 1 is 1.60 bits per heavy atom. The highest BCUT2D eigenvalue weighted by molar-refractivity contribution is 5.77. The molecule has 2 rings (SSSR count). The molecule has 0 aromatic carbocycles. The summed E-state index contributed by atoms with van der Waals surface area (Å²) < 4.78 is 1.75. The van der Waals surface area contributed by atoms with E-state index in [0.29, 0.717) is 0 Å². The smallest absolute Gasteiger partial charge is 0.307 e. The van der Waals surface area contributed by atoms with E-state index in [-0.39, 0.29) is 17.3 Å². The lowest BCUT2D eigenvalue weighted by Gasteiger charge is -1.99. The second kappa shape index (κ2) is 2.84. The molecular formula is C11H16N2O2. The van der Waals surface area contributed by atoms with Gasteiger partial charge in [0.15, 0.2) is 0 Å². The van der Waals surface area contributed by atoms with Crippen molar-refractivity contribution < 1.29 is 9.90 Å². The van der Waals surface area contributed by atoms with Gasteiger partial charge in [0, 0.05) is 19.2 Å². The number of carbonyl (C=O) groups is 1. The van der Waals surface area contributed by atoms with E-state index < -0.39 is 5.97 Å². The summed E-state index contributed by atoms with van der Waals surface area (Å²) in [6.07, 6.45) is 1.93. The number of hydrogen-bond donors (Lipinski definition) is 1. The fraction of sp³-hybridized carbons (Fsp3) is 0.636. The Bertz CT molecular complexity index is 420. The lowest BCUT2D eigenvalue weighted by atomic mass is 10.1. The number of rotatable bonds is 2. The standard InChI is InChI=1S/C11H16N2O2/c1-6-5-13(4)12-9(6)7-8(10(14)15)11(7,2)3/h5,7-8H,1-4H3,(H,14,15)/t7-,8-/m1/s1. The Labute approximate surface area is 88.9 Å². The van der Waals surface area contributed by atoms with Gasteiger partial charge in [-0.25, -0.2) is 0 Å². The molecule has 1 aliphatic carbocycles. The number of aliphatic carboxylic acids is 1. The first-order chi connectivity index (χ1) is 6.85. The molecule has 1 heterocycles. The predicted molar refractivity (Wildman–Crippen MR) is 55.6 cm³/mol. The third kappa shape index (κ3) is 1.35. The molecule has 1 saturated carbocycles. The molecular weight excluding hydrogens is 192 g/mol. The Kier molecular flexibility index (Phi) is 1.93. The minimum absolute atomic E-state index is 0.0659. The maximum absolute atomic E-state index is 11.0. The molecule has 0 spiro atoms. The number of aryl methyl sites for hydroxylation is 2. The largest absolute Gasteiger partial charge is 0.481 e. The van der Waals surface area contributed by atoms with Crippen LogP contribution in [0.4, 0.5) is 0 Å². The second-order valence-corrected chi connectivity index (χ2v) is 4.99. The summed E-state index contributed by atoms with van der Waals surface area (Å²) in [5, 5.41) is 13.4. The third-order valence-electron chi connectivity index (χ3n) is 3.44. The molecule has 0 saturated heterocycles. The summed E-state index contributed by atoms with van der Waals surface area (Å²) in [4.78, 5) is 11.0. The second-order valence-electron chi connectivity index (χ2n) is 4.99. The van der Waals surface area contributed by atoms with E-state index in [1.807, 2.05) is 34.0 Å². The topological polar surface area (TPSA) is 55.1 Å². The number of aromatic nitrogens is 2. The first-order valence-electron chi connectivity index (χ1n) is 5.08. The number of hydrogen-bond acceptors (Lipinski definition) is 2. The first kappa shape index (κ1) is 10.2. The van der Waals surface area contributed by atoms with E-state index in [0.717, 1.165) is 11.3 Å². The van der Waals surface area contributed by atoms with E-state index in [9.17, 15) is 4.79 Å². The van der Waals surface area contributed by atoms with Crippen molar-refractivity contribution in [3.8, 4) is 0 Å². The van der Waals surface area contributed by atoms with Gasteiger partial charge in [-0.1, -0.05) is 13.8 Å². The molecule has 1 aromatic heterocycles. The molecule has 1 aliphatic rings. The Morgan fingerprint density at radius 2 is 2.20 bits per heavy atom. The third-order valence-corrected chi connectivity index (χ3v) is 3.44. The lowest BCUT2D eigenvalue weighted by Crippen LogP contribution is -2.03. The number of nitrogens with zero attached hydrogens (tertiary/aromatic N) is 2. The zero-order chi connectivity index (χ0) is 11.4. The van der Waals surface area contributed by atoms with Gasteiger partial charge in [-0.2, -0.15) is 5.10 Å². The van der Waals surface area contributed by atoms with Crippen LogP contribution in [-0.4, -0.2) is 20.9 Å². The van der Waals surface area contributed by atoms with Gasteiger partial charge in [0.2, 0.25) is 0 Å². The van der Waals surface area contributed by atoms with Crippen LogP contribution >= 0.6 is 0 Å². The molecule has 15 heavy (non-hydrogen) atoms. The molecule has 4 nitrogen and oxygen atoms in total. The van der Waals surface area contributed by atoms with Crippen molar-refractivity contribution in [1.29, 1.82) is 0 Å². The zero-order valence-electron chi connectivity index (χ0n) is 9.48. The minimum atomic E-state index is -0.713. The van der Waals surface area contributed by atoms with Gasteiger partial charge in [-0.3, -0.25) is 9.48 Å². The Morgan fingerprint density at radius 3 is 2.53 bits per heavy atom. The molecule has 0 unspecified atom stereocenters. The summed E-state index contributed by atoms with van der Waals surface area (Å²) in [5.74, 6) is -0.933. The van der Waals surface area contributed by atoms with Gasteiger partial charge in [-0.15, -0.1) is 0 Å². The van der Waals surface area contributed by atoms with E-state index in [1.165, 1.54) is 0 Å². The van der Waals surface area contributed by atoms with Gasteiger partial charge >= 0.3 is 5.97 Å². The molecule has 82 valence electrons. The van der Waals surface area contributed by atoms with E-state index in [1.54, 1.807) is 4.68 Å². The lowest BCUT2D eigenvalue weighted by molar-refractivity contribution is -0.139. The van der Waals surface area contributed by atoms with Crippen molar-refractivity contribution in [3.05, 3.63) is 17.5 Å². The molecule has 2 atom stereocenters. The molecule has 4 heteroatoms. The van der Waals surface area contributed by atoms with Crippen LogP contribution in [0.15, 0.2) is 6.20 Å². The number of carboxylic acids is 1. The van der Waals surface area contributed by atoms with Gasteiger partial charge in [0.1, 0.15) is 0 Å². The van der Waals surface area contributed by atoms with Crippen LogP contribution in [0.1, 0.15) is 31.0 Å². The number of carboxylic acid groups (broad SMARTS) is 1. The average molecular weight is 208 g/mol. The van der Waals surface area contributed by atoms with Gasteiger partial charge in [0.25, 0.3) is 0 Å². The monoisotopic (exact) mass is 208 g/mol. The van der Waals surface area contributed by atoms with Crippen molar-refractivity contribution in [2.45, 2.75) is 26.7 Å². The van der Waals surface area contributed by atoms with Crippen LogP contribution in [0.3, 0.4) is 0 Å². The van der Waals surface area contributed by atoms with Crippen molar-refractivity contribution in [2.24, 2.45) is 18.4 Å². The van der Waals surface area contributed by atoms with E-state index in [2.05, 4.69) is 5.10 Å². The highest BCUT2D eigenvalue weighted by Gasteiger charge is 2.64. The summed E-state index contributed by atoms with van der Waals surface area (Å²) in [5.41, 5.74) is 1.86. The van der Waals surface area contributed by atoms with Crippen molar-refractivity contribution in [3.63, 3.8) is 0 Å². The fourth-order valence-electron chi connectivity index (χ4n) is 2.54. The van der Waals surface area contributed by atoms with E-state index in [4.69, 9.17) is 5.11 Å². The van der Waals surface area contributed by atoms with Gasteiger partial charge < -0.3 is 5.11 Å². The maximum atomic E-state index is 11.0. The highest BCUT2D eigenvalue weighted by atomic mass is 16.4. The molecule has 0 radical (unpaired) electrons. The SMILES string of the molecule is Cc1cn(C)nc1[C@H]1[C@H](C(=O)O)C1(C)C. The predicted octanol–water partition coefficient (Wildman–Crippen LogP) is 1.55. The summed E-state index contributed by atoms with van der Waals surface area (Å²) in [7, 11) is 1.86. The molecule has 1 N–H and O–H groups in total. The van der Waals surface area contributed by atoms with Crippen LogP contribution < -0.4 is 0 Å². The van der Waals surface area contributed by atoms with Crippen LogP contribution in [0, 0.1) is 18.3 Å². The molecule has 1 aromatic rings. The van der Waals surface area contributed by atoms with Crippen LogP contribution in [0.5, 0.6) is 0 Å². The average Bonchev–Trinajstić information content (AvgIpc) is 2.48. The summed E-state index contributed by atoms with van der Waals surface area (Å²) >= 11 is 0. The van der Waals surface area contributed by atoms with Crippen molar-refractivity contribution >= 4 is 5.97 Å². The Balaban J connectivity index is 2.35. The first-order valence-corrected chi connectivity index (χ1v) is 5.08. The van der Waals surface area contributed by atoms with Crippen LogP contribution in [0.2, 0.25) is 0 Å². The molecule has 0 amide bonds. The van der Waals surface area contributed by atoms with E-state index >= 15 is 0 Å². The van der Waals surface area contributed by atoms with Gasteiger partial charge in [0.05, 0.1) is 11.6 Å². The molecule has 1 fully saturated rings. The maximum Gasteiger partial charge on any atom is 0.307 e. The van der Waals surface area contributed by atoms with Crippen LogP contribution in [-0.2, 0) is 11.8 Å². The summed E-state index contributed by atoms with van der Waals surface area (Å²) in [6.45, 7) is 5.96. The van der Waals surface area contributed by atoms with Crippen molar-refractivity contribution in [2.75, 3.05) is 0 Å². The normalized spacial score (nSPS) is 27.7. The minimum Gasteiger partial charge on any atom is -0.481 e.